The van der Waals surface area contributed by atoms with Crippen LogP contribution in [-0.4, -0.2) is 21.8 Å². The first-order valence-electron chi connectivity index (χ1n) is 9.28. The number of fused-ring (bicyclic) bond motifs is 2. The van der Waals surface area contributed by atoms with Crippen molar-refractivity contribution in [2.24, 2.45) is 0 Å². The van der Waals surface area contributed by atoms with Crippen LogP contribution in [0.1, 0.15) is 33.1 Å². The van der Waals surface area contributed by atoms with E-state index in [1.807, 2.05) is 0 Å². The van der Waals surface area contributed by atoms with E-state index in [0.29, 0.717) is 28.0 Å². The van der Waals surface area contributed by atoms with E-state index in [0.717, 1.165) is 15.7 Å². The highest BCUT2D eigenvalue weighted by Gasteiger charge is 2.43. The Morgan fingerprint density at radius 3 is 2.47 bits per heavy atom. The lowest BCUT2D eigenvalue weighted by atomic mass is 9.84. The van der Waals surface area contributed by atoms with Gasteiger partial charge >= 0.3 is 6.18 Å². The van der Waals surface area contributed by atoms with Crippen LogP contribution in [0.5, 0.6) is 0 Å². The summed E-state index contributed by atoms with van der Waals surface area (Å²) in [6.07, 6.45) is -4.07. The maximum absolute atomic E-state index is 13.6. The van der Waals surface area contributed by atoms with Gasteiger partial charge in [0.25, 0.3) is 5.91 Å². The van der Waals surface area contributed by atoms with Crippen molar-refractivity contribution in [1.82, 2.24) is 9.97 Å². The molecule has 32 heavy (non-hydrogen) atoms. The lowest BCUT2D eigenvalue weighted by Crippen LogP contribution is -2.46. The molecular weight excluding hydrogens is 463 g/mol. The van der Waals surface area contributed by atoms with E-state index < -0.39 is 29.5 Å². The third-order valence-corrected chi connectivity index (χ3v) is 6.25. The molecule has 0 radical (unpaired) electrons. The van der Waals surface area contributed by atoms with Crippen molar-refractivity contribution in [3.8, 4) is 0 Å². The summed E-state index contributed by atoms with van der Waals surface area (Å²) in [5.41, 5.74) is 1.71. The number of amides is 2. The Bertz CT molecular complexity index is 1390. The lowest BCUT2D eigenvalue weighted by Gasteiger charge is -2.32. The van der Waals surface area contributed by atoms with Gasteiger partial charge in [-0.2, -0.15) is 13.2 Å². The molecule has 4 aromatic rings. The zero-order valence-corrected chi connectivity index (χ0v) is 17.5. The number of carbonyl (C=O) groups excluding carboxylic acids is 2. The molecule has 1 atom stereocenters. The van der Waals surface area contributed by atoms with Crippen LogP contribution in [0.15, 0.2) is 60.2 Å². The fraction of sp³-hybridized carbons (Fsp3) is 0.0909. The van der Waals surface area contributed by atoms with Crippen molar-refractivity contribution in [3.63, 3.8) is 0 Å². The number of benzene rings is 2. The molecule has 5 nitrogen and oxygen atoms in total. The van der Waals surface area contributed by atoms with E-state index in [-0.39, 0.29) is 11.3 Å². The molecule has 0 N–H and O–H groups in total. The van der Waals surface area contributed by atoms with Crippen molar-refractivity contribution in [1.29, 1.82) is 0 Å². The first kappa shape index (κ1) is 20.6. The average molecular weight is 474 g/mol. The van der Waals surface area contributed by atoms with Crippen LogP contribution >= 0.6 is 22.9 Å². The number of imide groups is 1. The van der Waals surface area contributed by atoms with Crippen LogP contribution in [0, 0.1) is 0 Å². The maximum atomic E-state index is 13.6. The molecular formula is C22H11ClF3N3O2S. The van der Waals surface area contributed by atoms with E-state index in [2.05, 4.69) is 9.97 Å². The summed E-state index contributed by atoms with van der Waals surface area (Å²) in [5.74, 6) is -2.62. The molecule has 2 aromatic carbocycles. The van der Waals surface area contributed by atoms with Gasteiger partial charge in [0.05, 0.1) is 32.9 Å². The molecule has 0 aliphatic carbocycles. The number of pyridine rings is 1. The molecule has 0 fully saturated rings. The molecule has 1 aliphatic rings. The van der Waals surface area contributed by atoms with Gasteiger partial charge in [-0.15, -0.1) is 11.3 Å². The maximum Gasteiger partial charge on any atom is 0.417 e. The van der Waals surface area contributed by atoms with Gasteiger partial charge in [-0.05, 0) is 42.0 Å². The van der Waals surface area contributed by atoms with Gasteiger partial charge in [0.1, 0.15) is 5.69 Å². The summed E-state index contributed by atoms with van der Waals surface area (Å²) in [4.78, 5) is 35.8. The minimum atomic E-state index is -4.67. The van der Waals surface area contributed by atoms with E-state index in [1.54, 1.807) is 35.8 Å². The number of thiazole rings is 1. The summed E-state index contributed by atoms with van der Waals surface area (Å²) >= 11 is 7.29. The number of rotatable bonds is 2. The first-order valence-corrected chi connectivity index (χ1v) is 10.5. The number of hydrogen-bond acceptors (Lipinski definition) is 5. The van der Waals surface area contributed by atoms with E-state index in [1.165, 1.54) is 23.5 Å². The standard InChI is InChI=1S/C22H11ClF3N3O2S/c23-13-3-1-11(2-4-13)18-15-7-12(22(24,25)26)9-27-19(15)21(31)29(20(18)30)14-5-6-16-17(8-14)32-10-28-16/h1-10,18H. The van der Waals surface area contributed by atoms with Crippen LogP contribution in [0.3, 0.4) is 0 Å². The number of halogens is 4. The fourth-order valence-corrected chi connectivity index (χ4v) is 4.54. The molecule has 0 spiro atoms. The molecule has 10 heteroatoms. The highest BCUT2D eigenvalue weighted by Crippen LogP contribution is 2.40. The molecule has 160 valence electrons. The Morgan fingerprint density at radius 2 is 1.75 bits per heavy atom. The number of anilines is 1. The van der Waals surface area contributed by atoms with Crippen molar-refractivity contribution >= 4 is 50.7 Å². The lowest BCUT2D eigenvalue weighted by molar-refractivity contribution is -0.138. The zero-order chi connectivity index (χ0) is 22.6. The molecule has 3 heterocycles. The Kier molecular flexibility index (Phi) is 4.75. The molecule has 2 amide bonds. The van der Waals surface area contributed by atoms with Gasteiger partial charge in [0.15, 0.2) is 0 Å². The summed E-state index contributed by atoms with van der Waals surface area (Å²) in [7, 11) is 0. The average Bonchev–Trinajstić information content (AvgIpc) is 3.22. The summed E-state index contributed by atoms with van der Waals surface area (Å²) in [6, 6.07) is 11.9. The second kappa shape index (κ2) is 7.39. The summed E-state index contributed by atoms with van der Waals surface area (Å²) in [5, 5.41) is 0.406. The van der Waals surface area contributed by atoms with Gasteiger partial charge < -0.3 is 0 Å². The van der Waals surface area contributed by atoms with Gasteiger partial charge in [0, 0.05) is 16.8 Å². The Labute approximate surface area is 188 Å². The number of hydrogen-bond donors (Lipinski definition) is 0. The van der Waals surface area contributed by atoms with Gasteiger partial charge in [-0.1, -0.05) is 23.7 Å². The van der Waals surface area contributed by atoms with E-state index >= 15 is 0 Å². The van der Waals surface area contributed by atoms with E-state index in [9.17, 15) is 22.8 Å². The van der Waals surface area contributed by atoms with Gasteiger partial charge in [-0.3, -0.25) is 14.6 Å². The van der Waals surface area contributed by atoms with Crippen LogP contribution in [-0.2, 0) is 11.0 Å². The van der Waals surface area contributed by atoms with Crippen LogP contribution in [0.2, 0.25) is 5.02 Å². The number of carbonyl (C=O) groups is 2. The van der Waals surface area contributed by atoms with Gasteiger partial charge in [-0.25, -0.2) is 9.88 Å². The quantitative estimate of drug-likeness (QED) is 0.351. The topological polar surface area (TPSA) is 63.2 Å². The smallest absolute Gasteiger partial charge is 0.273 e. The Hall–Kier alpha value is -3.30. The SMILES string of the molecule is O=C1c2ncc(C(F)(F)F)cc2C(c2ccc(Cl)cc2)C(=O)N1c1ccc2ncsc2c1. The minimum Gasteiger partial charge on any atom is -0.273 e. The number of aromatic nitrogens is 2. The van der Waals surface area contributed by atoms with Crippen LogP contribution in [0.4, 0.5) is 18.9 Å². The molecule has 1 aliphatic heterocycles. The molecule has 0 saturated heterocycles. The monoisotopic (exact) mass is 473 g/mol. The highest BCUT2D eigenvalue weighted by molar-refractivity contribution is 7.16. The fourth-order valence-electron chi connectivity index (χ4n) is 3.71. The van der Waals surface area contributed by atoms with Crippen LogP contribution < -0.4 is 4.90 Å². The predicted molar refractivity (Wildman–Crippen MR) is 114 cm³/mol. The summed E-state index contributed by atoms with van der Waals surface area (Å²) < 4.78 is 40.8. The van der Waals surface area contributed by atoms with E-state index in [4.69, 9.17) is 11.6 Å². The van der Waals surface area contributed by atoms with Gasteiger partial charge in [0.2, 0.25) is 5.91 Å². The summed E-state index contributed by atoms with van der Waals surface area (Å²) in [6.45, 7) is 0. The largest absolute Gasteiger partial charge is 0.417 e. The zero-order valence-electron chi connectivity index (χ0n) is 15.9. The van der Waals surface area contributed by atoms with Crippen molar-refractivity contribution in [3.05, 3.63) is 87.6 Å². The second-order valence-electron chi connectivity index (χ2n) is 7.13. The van der Waals surface area contributed by atoms with Crippen molar-refractivity contribution in [2.45, 2.75) is 12.1 Å². The minimum absolute atomic E-state index is 0.0905. The third kappa shape index (κ3) is 3.34. The second-order valence-corrected chi connectivity index (χ2v) is 8.45. The van der Waals surface area contributed by atoms with Crippen molar-refractivity contribution < 1.29 is 22.8 Å². The molecule has 1 unspecified atom stereocenters. The Balaban J connectivity index is 1.72. The van der Waals surface area contributed by atoms with Crippen LogP contribution in [0.25, 0.3) is 10.2 Å². The van der Waals surface area contributed by atoms with Crippen molar-refractivity contribution in [2.75, 3.05) is 4.90 Å². The first-order chi connectivity index (χ1) is 15.2. The molecule has 5 rings (SSSR count). The molecule has 2 aromatic heterocycles. The molecule has 0 bridgehead atoms. The number of nitrogens with zero attached hydrogens (tertiary/aromatic N) is 3. The Morgan fingerprint density at radius 1 is 1.00 bits per heavy atom. The highest BCUT2D eigenvalue weighted by atomic mass is 35.5. The predicted octanol–water partition coefficient (Wildman–Crippen LogP) is 5.68. The molecule has 0 saturated carbocycles. The number of alkyl halides is 3. The third-order valence-electron chi connectivity index (χ3n) is 5.20. The normalized spacial score (nSPS) is 16.5.